The minimum absolute atomic E-state index is 0.106. The van der Waals surface area contributed by atoms with Gasteiger partial charge in [0.2, 0.25) is 0 Å². The highest BCUT2D eigenvalue weighted by molar-refractivity contribution is 7.19. The highest BCUT2D eigenvalue weighted by atomic mass is 32.1. The minimum Gasteiger partial charge on any atom is -0.444 e. The number of carbonyl (C=O) groups is 1. The predicted molar refractivity (Wildman–Crippen MR) is 87.9 cm³/mol. The first kappa shape index (κ1) is 15.8. The van der Waals surface area contributed by atoms with E-state index in [1.54, 1.807) is 11.3 Å². The molecule has 0 aliphatic carbocycles. The van der Waals surface area contributed by atoms with Gasteiger partial charge < -0.3 is 15.8 Å². The molecule has 0 bridgehead atoms. The van der Waals surface area contributed by atoms with E-state index in [4.69, 9.17) is 10.5 Å². The number of alkyl carbamates (subject to hydrolysis) is 1. The predicted octanol–water partition coefficient (Wildman–Crippen LogP) is 3.47. The maximum absolute atomic E-state index is 11.7. The van der Waals surface area contributed by atoms with Crippen molar-refractivity contribution < 1.29 is 9.53 Å². The first-order valence-corrected chi connectivity index (χ1v) is 7.86. The Kier molecular flexibility index (Phi) is 4.85. The Labute approximate surface area is 129 Å². The molecule has 0 aliphatic rings. The normalized spacial score (nSPS) is 13.1. The lowest BCUT2D eigenvalue weighted by Gasteiger charge is -2.21. The molecule has 2 rings (SSSR count). The summed E-state index contributed by atoms with van der Waals surface area (Å²) in [6, 6.07) is 10.4. The topological polar surface area (TPSA) is 64.3 Å². The zero-order valence-electron chi connectivity index (χ0n) is 12.7. The molecule has 0 spiro atoms. The number of carbonyl (C=O) groups excluding carboxylic acids is 1. The number of nitrogens with one attached hydrogen (secondary N) is 1. The summed E-state index contributed by atoms with van der Waals surface area (Å²) in [5.74, 6) is 0.106. The van der Waals surface area contributed by atoms with Crippen LogP contribution in [0.3, 0.4) is 0 Å². The van der Waals surface area contributed by atoms with Crippen LogP contribution in [0.15, 0.2) is 30.3 Å². The van der Waals surface area contributed by atoms with Crippen molar-refractivity contribution >= 4 is 27.5 Å². The lowest BCUT2D eigenvalue weighted by molar-refractivity contribution is 0.0525. The molecular weight excluding hydrogens is 284 g/mol. The van der Waals surface area contributed by atoms with Crippen LogP contribution < -0.4 is 11.1 Å². The number of amides is 1. The molecule has 0 fully saturated rings. The van der Waals surface area contributed by atoms with Crippen molar-refractivity contribution in [3.63, 3.8) is 0 Å². The Morgan fingerprint density at radius 3 is 2.71 bits per heavy atom. The van der Waals surface area contributed by atoms with E-state index in [1.807, 2.05) is 32.9 Å². The quantitative estimate of drug-likeness (QED) is 0.909. The molecule has 21 heavy (non-hydrogen) atoms. The van der Waals surface area contributed by atoms with Gasteiger partial charge in [0.25, 0.3) is 0 Å². The SMILES string of the molecule is CC(C)(C)OC(=O)NCC(CN)c1cc2ccccc2s1. The Bertz CT molecular complexity index is 583. The molecule has 1 aromatic heterocycles. The summed E-state index contributed by atoms with van der Waals surface area (Å²) >= 11 is 1.72. The van der Waals surface area contributed by atoms with Crippen molar-refractivity contribution in [2.75, 3.05) is 13.1 Å². The van der Waals surface area contributed by atoms with Gasteiger partial charge in [0.05, 0.1) is 0 Å². The van der Waals surface area contributed by atoms with Crippen molar-refractivity contribution in [1.29, 1.82) is 0 Å². The lowest BCUT2D eigenvalue weighted by Crippen LogP contribution is -2.36. The number of hydrogen-bond acceptors (Lipinski definition) is 4. The number of thiophene rings is 1. The largest absolute Gasteiger partial charge is 0.444 e. The molecule has 2 aromatic rings. The van der Waals surface area contributed by atoms with Gasteiger partial charge in [-0.05, 0) is 38.3 Å². The molecule has 1 amide bonds. The molecule has 0 aliphatic heterocycles. The van der Waals surface area contributed by atoms with Gasteiger partial charge in [0.1, 0.15) is 5.60 Å². The fraction of sp³-hybridized carbons (Fsp3) is 0.438. The average Bonchev–Trinajstić information content (AvgIpc) is 2.80. The molecule has 1 aromatic carbocycles. The Hall–Kier alpha value is -1.59. The molecule has 3 N–H and O–H groups in total. The first-order chi connectivity index (χ1) is 9.89. The standard InChI is InChI=1S/C16H22N2O2S/c1-16(2,3)20-15(19)18-10-12(9-17)14-8-11-6-4-5-7-13(11)21-14/h4-8,12H,9-10,17H2,1-3H3,(H,18,19). The van der Waals surface area contributed by atoms with Crippen LogP contribution in [-0.4, -0.2) is 24.8 Å². The lowest BCUT2D eigenvalue weighted by atomic mass is 10.1. The van der Waals surface area contributed by atoms with Crippen LogP contribution in [0.1, 0.15) is 31.6 Å². The number of fused-ring (bicyclic) bond motifs is 1. The van der Waals surface area contributed by atoms with E-state index in [2.05, 4.69) is 23.5 Å². The Morgan fingerprint density at radius 2 is 2.10 bits per heavy atom. The maximum Gasteiger partial charge on any atom is 0.407 e. The van der Waals surface area contributed by atoms with Crippen molar-refractivity contribution in [3.05, 3.63) is 35.2 Å². The van der Waals surface area contributed by atoms with Crippen molar-refractivity contribution in [3.8, 4) is 0 Å². The van der Waals surface area contributed by atoms with Crippen LogP contribution in [-0.2, 0) is 4.74 Å². The van der Waals surface area contributed by atoms with Crippen LogP contribution in [0.5, 0.6) is 0 Å². The Balaban J connectivity index is 2.01. The van der Waals surface area contributed by atoms with Gasteiger partial charge in [0, 0.05) is 28.6 Å². The van der Waals surface area contributed by atoms with E-state index in [0.717, 1.165) is 0 Å². The molecule has 0 saturated carbocycles. The van der Waals surface area contributed by atoms with E-state index >= 15 is 0 Å². The number of benzene rings is 1. The zero-order valence-corrected chi connectivity index (χ0v) is 13.5. The monoisotopic (exact) mass is 306 g/mol. The van der Waals surface area contributed by atoms with Gasteiger partial charge in [0.15, 0.2) is 0 Å². The van der Waals surface area contributed by atoms with E-state index in [9.17, 15) is 4.79 Å². The fourth-order valence-electron chi connectivity index (χ4n) is 2.02. The third-order valence-corrected chi connectivity index (χ3v) is 4.30. The van der Waals surface area contributed by atoms with E-state index in [-0.39, 0.29) is 5.92 Å². The van der Waals surface area contributed by atoms with Crippen LogP contribution in [0, 0.1) is 0 Å². The van der Waals surface area contributed by atoms with Crippen LogP contribution in [0.25, 0.3) is 10.1 Å². The van der Waals surface area contributed by atoms with Crippen molar-refractivity contribution in [2.24, 2.45) is 5.73 Å². The summed E-state index contributed by atoms with van der Waals surface area (Å²) in [6.07, 6.45) is -0.401. The smallest absolute Gasteiger partial charge is 0.407 e. The van der Waals surface area contributed by atoms with Crippen LogP contribution in [0.2, 0.25) is 0 Å². The summed E-state index contributed by atoms with van der Waals surface area (Å²) in [6.45, 7) is 6.51. The third-order valence-electron chi connectivity index (χ3n) is 3.02. The number of ether oxygens (including phenoxy) is 1. The molecule has 114 valence electrons. The Morgan fingerprint density at radius 1 is 1.38 bits per heavy atom. The van der Waals surface area contributed by atoms with Crippen LogP contribution in [0.4, 0.5) is 4.79 Å². The minimum atomic E-state index is -0.486. The van der Waals surface area contributed by atoms with Gasteiger partial charge in [-0.15, -0.1) is 11.3 Å². The average molecular weight is 306 g/mol. The van der Waals surface area contributed by atoms with Crippen molar-refractivity contribution in [1.82, 2.24) is 5.32 Å². The third kappa shape index (κ3) is 4.44. The highest BCUT2D eigenvalue weighted by Crippen LogP contribution is 2.30. The summed E-state index contributed by atoms with van der Waals surface area (Å²) in [4.78, 5) is 12.9. The first-order valence-electron chi connectivity index (χ1n) is 7.04. The van der Waals surface area contributed by atoms with Gasteiger partial charge in [-0.1, -0.05) is 18.2 Å². The van der Waals surface area contributed by atoms with E-state index in [1.165, 1.54) is 15.0 Å². The summed E-state index contributed by atoms with van der Waals surface area (Å²) in [5.41, 5.74) is 5.37. The number of nitrogens with two attached hydrogens (primary N) is 1. The number of hydrogen-bond donors (Lipinski definition) is 2. The second-order valence-corrected chi connectivity index (χ2v) is 7.12. The molecular formula is C16H22N2O2S. The van der Waals surface area contributed by atoms with E-state index < -0.39 is 11.7 Å². The molecule has 0 saturated heterocycles. The molecule has 5 heteroatoms. The summed E-state index contributed by atoms with van der Waals surface area (Å²) < 4.78 is 6.48. The van der Waals surface area contributed by atoms with E-state index in [0.29, 0.717) is 13.1 Å². The summed E-state index contributed by atoms with van der Waals surface area (Å²) in [5, 5.41) is 4.01. The van der Waals surface area contributed by atoms with Gasteiger partial charge >= 0.3 is 6.09 Å². The molecule has 1 unspecified atom stereocenters. The zero-order chi connectivity index (χ0) is 15.5. The van der Waals surface area contributed by atoms with Crippen LogP contribution >= 0.6 is 11.3 Å². The molecule has 1 atom stereocenters. The maximum atomic E-state index is 11.7. The molecule has 4 nitrogen and oxygen atoms in total. The molecule has 0 radical (unpaired) electrons. The fourth-order valence-corrected chi connectivity index (χ4v) is 3.20. The summed E-state index contributed by atoms with van der Waals surface area (Å²) in [7, 11) is 0. The second kappa shape index (κ2) is 6.45. The highest BCUT2D eigenvalue weighted by Gasteiger charge is 2.18. The van der Waals surface area contributed by atoms with Gasteiger partial charge in [-0.3, -0.25) is 0 Å². The van der Waals surface area contributed by atoms with Crippen molar-refractivity contribution in [2.45, 2.75) is 32.3 Å². The second-order valence-electron chi connectivity index (χ2n) is 6.00. The van der Waals surface area contributed by atoms with Gasteiger partial charge in [-0.25, -0.2) is 4.79 Å². The molecule has 1 heterocycles. The van der Waals surface area contributed by atoms with Gasteiger partial charge in [-0.2, -0.15) is 0 Å². The number of rotatable bonds is 4.